The number of hydrogen-bond acceptors (Lipinski definition) is 5. The first-order chi connectivity index (χ1) is 10.8. The van der Waals surface area contributed by atoms with E-state index in [1.54, 1.807) is 17.2 Å². The number of hydrogen-bond donors (Lipinski definition) is 3. The summed E-state index contributed by atoms with van der Waals surface area (Å²) in [6, 6.07) is 0. The molecule has 2 aromatic rings. The highest BCUT2D eigenvalue weighted by atomic mass is 15.3. The lowest BCUT2D eigenvalue weighted by Crippen LogP contribution is -2.39. The second-order valence-corrected chi connectivity index (χ2v) is 4.84. The van der Waals surface area contributed by atoms with E-state index in [4.69, 9.17) is 0 Å². The molecular formula is C14H24N8. The van der Waals surface area contributed by atoms with Gasteiger partial charge in [0, 0.05) is 33.2 Å². The van der Waals surface area contributed by atoms with Gasteiger partial charge in [-0.2, -0.15) is 5.10 Å². The van der Waals surface area contributed by atoms with Gasteiger partial charge in [-0.15, -0.1) is 0 Å². The van der Waals surface area contributed by atoms with E-state index in [0.29, 0.717) is 0 Å². The van der Waals surface area contributed by atoms with E-state index >= 15 is 0 Å². The summed E-state index contributed by atoms with van der Waals surface area (Å²) in [7, 11) is 1.87. The van der Waals surface area contributed by atoms with Crippen LogP contribution >= 0.6 is 0 Å². The van der Waals surface area contributed by atoms with Crippen LogP contribution in [-0.4, -0.2) is 51.9 Å². The third kappa shape index (κ3) is 4.06. The van der Waals surface area contributed by atoms with Crippen molar-refractivity contribution in [3.8, 4) is 0 Å². The SMILES string of the molecule is CCCN=C(NCC)NCCNc1ncnc2c1cnn2C. The largest absolute Gasteiger partial charge is 0.368 e. The van der Waals surface area contributed by atoms with E-state index in [9.17, 15) is 0 Å². The second-order valence-electron chi connectivity index (χ2n) is 4.84. The minimum Gasteiger partial charge on any atom is -0.368 e. The van der Waals surface area contributed by atoms with Gasteiger partial charge >= 0.3 is 0 Å². The van der Waals surface area contributed by atoms with Crippen LogP contribution in [0.4, 0.5) is 5.82 Å². The van der Waals surface area contributed by atoms with Crippen LogP contribution in [0.15, 0.2) is 17.5 Å². The van der Waals surface area contributed by atoms with Gasteiger partial charge in [-0.3, -0.25) is 9.67 Å². The van der Waals surface area contributed by atoms with E-state index in [1.807, 2.05) is 7.05 Å². The zero-order chi connectivity index (χ0) is 15.8. The van der Waals surface area contributed by atoms with Gasteiger partial charge in [0.15, 0.2) is 11.6 Å². The Morgan fingerprint density at radius 3 is 2.86 bits per heavy atom. The third-order valence-electron chi connectivity index (χ3n) is 3.08. The van der Waals surface area contributed by atoms with Gasteiger partial charge in [-0.1, -0.05) is 6.92 Å². The zero-order valence-corrected chi connectivity index (χ0v) is 13.4. The molecule has 2 aromatic heterocycles. The Morgan fingerprint density at radius 2 is 2.09 bits per heavy atom. The van der Waals surface area contributed by atoms with E-state index in [0.717, 1.165) is 55.4 Å². The lowest BCUT2D eigenvalue weighted by molar-refractivity contribution is 0.785. The lowest BCUT2D eigenvalue weighted by Gasteiger charge is -2.12. The maximum absolute atomic E-state index is 4.46. The summed E-state index contributed by atoms with van der Waals surface area (Å²) >= 11 is 0. The predicted molar refractivity (Wildman–Crippen MR) is 89.1 cm³/mol. The van der Waals surface area contributed by atoms with Crippen LogP contribution in [0.25, 0.3) is 11.0 Å². The summed E-state index contributed by atoms with van der Waals surface area (Å²) in [6.07, 6.45) is 4.36. The average molecular weight is 304 g/mol. The second kappa shape index (κ2) is 8.16. The monoisotopic (exact) mass is 304 g/mol. The topological polar surface area (TPSA) is 92.1 Å². The molecule has 2 rings (SSSR count). The number of anilines is 1. The van der Waals surface area contributed by atoms with Crippen LogP contribution in [0.1, 0.15) is 20.3 Å². The fourth-order valence-electron chi connectivity index (χ4n) is 2.03. The van der Waals surface area contributed by atoms with Crippen molar-refractivity contribution >= 4 is 22.8 Å². The molecule has 0 aliphatic rings. The molecule has 0 spiro atoms. The number of aliphatic imine (C=N–C) groups is 1. The average Bonchev–Trinajstić information content (AvgIpc) is 2.91. The number of guanidine groups is 1. The molecule has 22 heavy (non-hydrogen) atoms. The van der Waals surface area contributed by atoms with E-state index < -0.39 is 0 Å². The van der Waals surface area contributed by atoms with Gasteiger partial charge in [0.25, 0.3) is 0 Å². The van der Waals surface area contributed by atoms with Crippen LogP contribution < -0.4 is 16.0 Å². The fourth-order valence-corrected chi connectivity index (χ4v) is 2.03. The van der Waals surface area contributed by atoms with Crippen molar-refractivity contribution in [2.75, 3.05) is 31.5 Å². The Bertz CT molecular complexity index is 618. The summed E-state index contributed by atoms with van der Waals surface area (Å²) in [6.45, 7) is 7.33. The van der Waals surface area contributed by atoms with Crippen molar-refractivity contribution < 1.29 is 0 Å². The van der Waals surface area contributed by atoms with E-state index in [2.05, 4.69) is 49.9 Å². The molecule has 0 atom stereocenters. The van der Waals surface area contributed by atoms with Crippen molar-refractivity contribution in [2.24, 2.45) is 12.0 Å². The predicted octanol–water partition coefficient (Wildman–Crippen LogP) is 0.740. The Kier molecular flexibility index (Phi) is 5.93. The number of rotatable bonds is 7. The number of aromatic nitrogens is 4. The molecule has 0 saturated carbocycles. The van der Waals surface area contributed by atoms with Crippen molar-refractivity contribution in [1.29, 1.82) is 0 Å². The molecule has 0 aliphatic heterocycles. The van der Waals surface area contributed by atoms with E-state index in [1.165, 1.54) is 0 Å². The van der Waals surface area contributed by atoms with Crippen molar-refractivity contribution in [3.05, 3.63) is 12.5 Å². The highest BCUT2D eigenvalue weighted by Crippen LogP contribution is 2.16. The maximum atomic E-state index is 4.46. The van der Waals surface area contributed by atoms with Crippen LogP contribution in [0, 0.1) is 0 Å². The van der Waals surface area contributed by atoms with Crippen LogP contribution in [0.3, 0.4) is 0 Å². The molecule has 0 radical (unpaired) electrons. The smallest absolute Gasteiger partial charge is 0.191 e. The van der Waals surface area contributed by atoms with Crippen LogP contribution in [0.2, 0.25) is 0 Å². The first-order valence-corrected chi connectivity index (χ1v) is 7.65. The first kappa shape index (κ1) is 16.0. The van der Waals surface area contributed by atoms with Gasteiger partial charge in [-0.25, -0.2) is 9.97 Å². The van der Waals surface area contributed by atoms with Gasteiger partial charge in [0.1, 0.15) is 12.1 Å². The Balaban J connectivity index is 1.87. The molecule has 0 fully saturated rings. The van der Waals surface area contributed by atoms with Gasteiger partial charge < -0.3 is 16.0 Å². The number of nitrogens with one attached hydrogen (secondary N) is 3. The molecule has 3 N–H and O–H groups in total. The third-order valence-corrected chi connectivity index (χ3v) is 3.08. The number of nitrogens with zero attached hydrogens (tertiary/aromatic N) is 5. The summed E-state index contributed by atoms with van der Waals surface area (Å²) in [5.41, 5.74) is 0.823. The summed E-state index contributed by atoms with van der Waals surface area (Å²) in [4.78, 5) is 13.0. The first-order valence-electron chi connectivity index (χ1n) is 7.65. The molecule has 0 aromatic carbocycles. The van der Waals surface area contributed by atoms with E-state index in [-0.39, 0.29) is 0 Å². The molecule has 8 nitrogen and oxygen atoms in total. The number of fused-ring (bicyclic) bond motifs is 1. The van der Waals surface area contributed by atoms with Gasteiger partial charge in [0.05, 0.1) is 11.6 Å². The van der Waals surface area contributed by atoms with Gasteiger partial charge in [-0.05, 0) is 13.3 Å². The molecule has 120 valence electrons. The molecule has 0 aliphatic carbocycles. The maximum Gasteiger partial charge on any atom is 0.191 e. The van der Waals surface area contributed by atoms with Crippen molar-refractivity contribution in [1.82, 2.24) is 30.4 Å². The Labute approximate surface area is 130 Å². The lowest BCUT2D eigenvalue weighted by atomic mass is 10.4. The minimum atomic E-state index is 0.734. The fraction of sp³-hybridized carbons (Fsp3) is 0.571. The molecule has 2 heterocycles. The quantitative estimate of drug-likeness (QED) is 0.397. The summed E-state index contributed by atoms with van der Waals surface area (Å²) < 4.78 is 1.74. The molecule has 0 bridgehead atoms. The zero-order valence-electron chi connectivity index (χ0n) is 13.4. The number of aryl methyl sites for hydroxylation is 1. The van der Waals surface area contributed by atoms with Gasteiger partial charge in [0.2, 0.25) is 0 Å². The molecule has 0 saturated heterocycles. The molecule has 0 unspecified atom stereocenters. The highest BCUT2D eigenvalue weighted by molar-refractivity contribution is 5.86. The van der Waals surface area contributed by atoms with Crippen molar-refractivity contribution in [3.63, 3.8) is 0 Å². The Morgan fingerprint density at radius 1 is 1.23 bits per heavy atom. The van der Waals surface area contributed by atoms with Crippen LogP contribution in [-0.2, 0) is 7.05 Å². The normalized spacial score (nSPS) is 11.7. The summed E-state index contributed by atoms with van der Waals surface area (Å²) in [5.74, 6) is 1.65. The summed E-state index contributed by atoms with van der Waals surface area (Å²) in [5, 5.41) is 14.9. The van der Waals surface area contributed by atoms with Crippen LogP contribution in [0.5, 0.6) is 0 Å². The molecular weight excluding hydrogens is 280 g/mol. The molecule has 8 heteroatoms. The minimum absolute atomic E-state index is 0.734. The molecule has 0 amide bonds. The van der Waals surface area contributed by atoms with Crippen molar-refractivity contribution in [2.45, 2.75) is 20.3 Å². The Hall–Kier alpha value is -2.38. The standard InChI is InChI=1S/C14H24N8/c1-4-6-17-14(15-5-2)18-8-7-16-12-11-9-21-22(3)13(11)20-10-19-12/h9-10H,4-8H2,1-3H3,(H2,15,17,18)(H,16,19,20). The highest BCUT2D eigenvalue weighted by Gasteiger charge is 2.06.